The highest BCUT2D eigenvalue weighted by molar-refractivity contribution is 8.00. The summed E-state index contributed by atoms with van der Waals surface area (Å²) in [7, 11) is 0. The van der Waals surface area contributed by atoms with Crippen LogP contribution in [0.1, 0.15) is 25.3 Å². The average Bonchev–Trinajstić information content (AvgIpc) is 3.50. The molecule has 0 radical (unpaired) electrons. The lowest BCUT2D eigenvalue weighted by molar-refractivity contribution is -0.120. The number of nitrogens with zero attached hydrogens (tertiary/aromatic N) is 2. The van der Waals surface area contributed by atoms with E-state index in [4.69, 9.17) is 0 Å². The Morgan fingerprint density at radius 3 is 2.68 bits per heavy atom. The smallest absolute Gasteiger partial charge is 0.262 e. The second-order valence-electron chi connectivity index (χ2n) is 6.97. The molecule has 0 spiro atoms. The first-order chi connectivity index (χ1) is 13.5. The molecule has 1 N–H and O–H groups in total. The van der Waals surface area contributed by atoms with Crippen molar-refractivity contribution in [3.8, 4) is 0 Å². The Kier molecular flexibility index (Phi) is 5.17. The number of fused-ring (bicyclic) bond motifs is 1. The average molecular weight is 397 g/mol. The summed E-state index contributed by atoms with van der Waals surface area (Å²) in [5.74, 6) is -0.379. The van der Waals surface area contributed by atoms with Crippen LogP contribution in [-0.2, 0) is 11.3 Å². The standard InChI is InChI=1S/C21H20FN3O2S/c1-13(19(26)23-16-10-11-16)28-21-24-18-5-3-2-4-17(18)20(27)25(21)12-14-6-8-15(22)9-7-14/h2-9,13,16H,10-12H2,1H3,(H,23,26)/t13-/m1/s1. The van der Waals surface area contributed by atoms with E-state index in [0.29, 0.717) is 16.1 Å². The van der Waals surface area contributed by atoms with Crippen molar-refractivity contribution in [1.82, 2.24) is 14.9 Å². The van der Waals surface area contributed by atoms with E-state index in [0.717, 1.165) is 18.4 Å². The van der Waals surface area contributed by atoms with Crippen LogP contribution < -0.4 is 10.9 Å². The molecular weight excluding hydrogens is 377 g/mol. The zero-order chi connectivity index (χ0) is 19.7. The van der Waals surface area contributed by atoms with Gasteiger partial charge in [0, 0.05) is 6.04 Å². The molecule has 3 aromatic rings. The number of rotatable bonds is 6. The third-order valence-corrected chi connectivity index (χ3v) is 5.75. The zero-order valence-corrected chi connectivity index (χ0v) is 16.2. The summed E-state index contributed by atoms with van der Waals surface area (Å²) < 4.78 is 14.8. The number of thioether (sulfide) groups is 1. The molecule has 0 bridgehead atoms. The summed E-state index contributed by atoms with van der Waals surface area (Å²) in [5, 5.41) is 3.60. The summed E-state index contributed by atoms with van der Waals surface area (Å²) >= 11 is 1.27. The molecule has 5 nitrogen and oxygen atoms in total. The minimum absolute atomic E-state index is 0.0526. The number of amides is 1. The van der Waals surface area contributed by atoms with Crippen LogP contribution in [0.5, 0.6) is 0 Å². The van der Waals surface area contributed by atoms with Crippen molar-refractivity contribution >= 4 is 28.6 Å². The van der Waals surface area contributed by atoms with Crippen molar-refractivity contribution in [3.05, 3.63) is 70.3 Å². The number of aromatic nitrogens is 2. The number of benzene rings is 2. The van der Waals surface area contributed by atoms with Gasteiger partial charge >= 0.3 is 0 Å². The maximum atomic E-state index is 13.2. The largest absolute Gasteiger partial charge is 0.352 e. The number of para-hydroxylation sites is 1. The van der Waals surface area contributed by atoms with E-state index in [1.165, 1.54) is 23.9 Å². The molecule has 1 aliphatic rings. The molecular formula is C21H20FN3O2S. The van der Waals surface area contributed by atoms with E-state index in [2.05, 4.69) is 10.3 Å². The summed E-state index contributed by atoms with van der Waals surface area (Å²) in [6, 6.07) is 13.5. The first kappa shape index (κ1) is 18.7. The Morgan fingerprint density at radius 2 is 1.96 bits per heavy atom. The summed E-state index contributed by atoms with van der Waals surface area (Å²) in [5.41, 5.74) is 1.21. The van der Waals surface area contributed by atoms with E-state index in [-0.39, 0.29) is 35.1 Å². The van der Waals surface area contributed by atoms with Crippen LogP contribution in [0.25, 0.3) is 10.9 Å². The lowest BCUT2D eigenvalue weighted by Gasteiger charge is -2.16. The van der Waals surface area contributed by atoms with Gasteiger partial charge in [0.15, 0.2) is 5.16 Å². The molecule has 4 rings (SSSR count). The quantitative estimate of drug-likeness (QED) is 0.512. The van der Waals surface area contributed by atoms with E-state index >= 15 is 0 Å². The van der Waals surface area contributed by atoms with Crippen LogP contribution >= 0.6 is 11.8 Å². The minimum atomic E-state index is -0.381. The first-order valence-corrected chi connectivity index (χ1v) is 10.1. The van der Waals surface area contributed by atoms with E-state index in [1.54, 1.807) is 34.9 Å². The SMILES string of the molecule is C[C@@H](Sc1nc2ccccc2c(=O)n1Cc1ccc(F)cc1)C(=O)NC1CC1. The topological polar surface area (TPSA) is 64.0 Å². The molecule has 1 atom stereocenters. The monoisotopic (exact) mass is 397 g/mol. The van der Waals surface area contributed by atoms with Crippen LogP contribution in [0.2, 0.25) is 0 Å². The second-order valence-corrected chi connectivity index (χ2v) is 8.28. The van der Waals surface area contributed by atoms with Gasteiger partial charge in [0.05, 0.1) is 22.7 Å². The molecule has 2 aromatic carbocycles. The van der Waals surface area contributed by atoms with Gasteiger partial charge in [-0.25, -0.2) is 9.37 Å². The van der Waals surface area contributed by atoms with E-state index in [9.17, 15) is 14.0 Å². The first-order valence-electron chi connectivity index (χ1n) is 9.22. The van der Waals surface area contributed by atoms with E-state index in [1.807, 2.05) is 13.0 Å². The molecule has 1 aromatic heterocycles. The molecule has 144 valence electrons. The van der Waals surface area contributed by atoms with Crippen LogP contribution in [0, 0.1) is 5.82 Å². The maximum Gasteiger partial charge on any atom is 0.262 e. The Balaban J connectivity index is 1.70. The highest BCUT2D eigenvalue weighted by Gasteiger charge is 2.27. The van der Waals surface area contributed by atoms with Crippen LogP contribution in [-0.4, -0.2) is 26.8 Å². The van der Waals surface area contributed by atoms with Gasteiger partial charge < -0.3 is 5.32 Å². The summed E-state index contributed by atoms with van der Waals surface area (Å²) in [6.45, 7) is 2.07. The zero-order valence-electron chi connectivity index (χ0n) is 15.4. The summed E-state index contributed by atoms with van der Waals surface area (Å²) in [6.07, 6.45) is 2.04. The van der Waals surface area contributed by atoms with Gasteiger partial charge in [-0.2, -0.15) is 0 Å². The predicted octanol–water partition coefficient (Wildman–Crippen LogP) is 3.34. The van der Waals surface area contributed by atoms with Gasteiger partial charge in [-0.1, -0.05) is 36.0 Å². The highest BCUT2D eigenvalue weighted by atomic mass is 32.2. The van der Waals surface area contributed by atoms with Gasteiger partial charge in [-0.05, 0) is 49.6 Å². The van der Waals surface area contributed by atoms with Crippen LogP contribution in [0.3, 0.4) is 0 Å². The fourth-order valence-corrected chi connectivity index (χ4v) is 3.82. The van der Waals surface area contributed by atoms with Crippen molar-refractivity contribution < 1.29 is 9.18 Å². The highest BCUT2D eigenvalue weighted by Crippen LogP contribution is 2.25. The van der Waals surface area contributed by atoms with Crippen LogP contribution in [0.4, 0.5) is 4.39 Å². The van der Waals surface area contributed by atoms with Gasteiger partial charge in [0.2, 0.25) is 5.91 Å². The predicted molar refractivity (Wildman–Crippen MR) is 108 cm³/mol. The number of halogens is 1. The van der Waals surface area contributed by atoms with Gasteiger partial charge in [-0.3, -0.25) is 14.2 Å². The van der Waals surface area contributed by atoms with Crippen LogP contribution in [0.15, 0.2) is 58.5 Å². The Hall–Kier alpha value is -2.67. The molecule has 1 saturated carbocycles. The van der Waals surface area contributed by atoms with Crippen molar-refractivity contribution in [1.29, 1.82) is 0 Å². The number of hydrogen-bond acceptors (Lipinski definition) is 4. The number of hydrogen-bond donors (Lipinski definition) is 1. The van der Waals surface area contributed by atoms with Crippen molar-refractivity contribution in [2.75, 3.05) is 0 Å². The lowest BCUT2D eigenvalue weighted by Crippen LogP contribution is -2.33. The number of carbonyl (C=O) groups is 1. The fraction of sp³-hybridized carbons (Fsp3) is 0.286. The summed E-state index contributed by atoms with van der Waals surface area (Å²) in [4.78, 5) is 30.1. The lowest BCUT2D eigenvalue weighted by atomic mass is 10.2. The molecule has 0 aliphatic heterocycles. The normalized spacial score (nSPS) is 14.8. The molecule has 1 aliphatic carbocycles. The number of carbonyl (C=O) groups excluding carboxylic acids is 1. The molecule has 1 fully saturated rings. The van der Waals surface area contributed by atoms with Gasteiger partial charge in [0.1, 0.15) is 5.82 Å². The second kappa shape index (κ2) is 7.75. The van der Waals surface area contributed by atoms with Crippen molar-refractivity contribution in [3.63, 3.8) is 0 Å². The molecule has 1 amide bonds. The molecule has 28 heavy (non-hydrogen) atoms. The molecule has 1 heterocycles. The van der Waals surface area contributed by atoms with Gasteiger partial charge in [0.25, 0.3) is 5.56 Å². The Bertz CT molecular complexity index is 1080. The fourth-order valence-electron chi connectivity index (χ4n) is 2.91. The Labute approximate surface area is 166 Å². The van der Waals surface area contributed by atoms with E-state index < -0.39 is 0 Å². The maximum absolute atomic E-state index is 13.2. The molecule has 0 unspecified atom stereocenters. The molecule has 7 heteroatoms. The third-order valence-electron chi connectivity index (χ3n) is 4.66. The third kappa shape index (κ3) is 4.09. The van der Waals surface area contributed by atoms with Crippen molar-refractivity contribution in [2.45, 2.75) is 42.8 Å². The molecule has 0 saturated heterocycles. The van der Waals surface area contributed by atoms with Gasteiger partial charge in [-0.15, -0.1) is 0 Å². The minimum Gasteiger partial charge on any atom is -0.352 e. The number of nitrogens with one attached hydrogen (secondary N) is 1. The Morgan fingerprint density at radius 1 is 1.25 bits per heavy atom. The van der Waals surface area contributed by atoms with Crippen molar-refractivity contribution in [2.24, 2.45) is 0 Å².